The SMILES string of the molecule is CC1CCc2nc(NC(=O)c3ccc(NC(=O)c4ccccc4)cc3)sc2C1. The number of hydrogen-bond donors (Lipinski definition) is 2. The maximum absolute atomic E-state index is 12.5. The van der Waals surface area contributed by atoms with Gasteiger partial charge < -0.3 is 5.32 Å². The molecule has 0 radical (unpaired) electrons. The Balaban J connectivity index is 1.40. The van der Waals surface area contributed by atoms with E-state index in [2.05, 4.69) is 22.5 Å². The molecule has 0 spiro atoms. The predicted octanol–water partition coefficient (Wildman–Crippen LogP) is 4.77. The van der Waals surface area contributed by atoms with Gasteiger partial charge in [0, 0.05) is 21.7 Å². The molecule has 1 aliphatic carbocycles. The molecule has 2 N–H and O–H groups in total. The molecule has 4 rings (SSSR count). The number of aromatic nitrogens is 1. The highest BCUT2D eigenvalue weighted by Crippen LogP contribution is 2.32. The van der Waals surface area contributed by atoms with E-state index >= 15 is 0 Å². The number of nitrogens with zero attached hydrogens (tertiary/aromatic N) is 1. The van der Waals surface area contributed by atoms with Crippen molar-refractivity contribution in [3.8, 4) is 0 Å². The lowest BCUT2D eigenvalue weighted by Gasteiger charge is -2.15. The molecule has 2 aromatic carbocycles. The lowest BCUT2D eigenvalue weighted by molar-refractivity contribution is 0.102. The summed E-state index contributed by atoms with van der Waals surface area (Å²) in [5.74, 6) is 0.301. The molecule has 5 nitrogen and oxygen atoms in total. The molecule has 142 valence electrons. The Bertz CT molecular complexity index is 996. The Hall–Kier alpha value is -2.99. The van der Waals surface area contributed by atoms with Crippen molar-refractivity contribution in [1.82, 2.24) is 4.98 Å². The molecule has 3 aromatic rings. The average Bonchev–Trinajstić information content (AvgIpc) is 3.10. The fourth-order valence-corrected chi connectivity index (χ4v) is 4.43. The first-order chi connectivity index (χ1) is 13.6. The maximum atomic E-state index is 12.5. The molecule has 1 atom stereocenters. The van der Waals surface area contributed by atoms with Gasteiger partial charge in [0.1, 0.15) is 0 Å². The number of aryl methyl sites for hydroxylation is 1. The molecular weight excluding hydrogens is 370 g/mol. The third-order valence-corrected chi connectivity index (χ3v) is 5.88. The van der Waals surface area contributed by atoms with Crippen LogP contribution in [0.5, 0.6) is 0 Å². The summed E-state index contributed by atoms with van der Waals surface area (Å²) in [5, 5.41) is 6.39. The average molecular weight is 391 g/mol. The number of hydrogen-bond acceptors (Lipinski definition) is 4. The molecule has 0 aliphatic heterocycles. The third kappa shape index (κ3) is 4.12. The van der Waals surface area contributed by atoms with E-state index in [1.807, 2.05) is 18.2 Å². The Labute approximate surface area is 167 Å². The predicted molar refractivity (Wildman–Crippen MR) is 112 cm³/mol. The normalized spacial score (nSPS) is 15.5. The summed E-state index contributed by atoms with van der Waals surface area (Å²) < 4.78 is 0. The van der Waals surface area contributed by atoms with E-state index in [0.717, 1.165) is 25.0 Å². The number of carbonyl (C=O) groups is 2. The van der Waals surface area contributed by atoms with Crippen LogP contribution < -0.4 is 10.6 Å². The van der Waals surface area contributed by atoms with E-state index in [1.54, 1.807) is 47.7 Å². The second kappa shape index (κ2) is 7.94. The van der Waals surface area contributed by atoms with Crippen LogP contribution in [0.1, 0.15) is 44.6 Å². The van der Waals surface area contributed by atoms with E-state index in [4.69, 9.17) is 0 Å². The second-order valence-electron chi connectivity index (χ2n) is 7.09. The molecule has 1 heterocycles. The number of benzene rings is 2. The maximum Gasteiger partial charge on any atom is 0.257 e. The van der Waals surface area contributed by atoms with Crippen molar-refractivity contribution in [1.29, 1.82) is 0 Å². The van der Waals surface area contributed by atoms with Crippen molar-refractivity contribution in [2.45, 2.75) is 26.2 Å². The largest absolute Gasteiger partial charge is 0.322 e. The molecule has 0 saturated heterocycles. The molecule has 1 unspecified atom stereocenters. The van der Waals surface area contributed by atoms with Crippen molar-refractivity contribution >= 4 is 34.0 Å². The van der Waals surface area contributed by atoms with Crippen molar-refractivity contribution in [2.24, 2.45) is 5.92 Å². The summed E-state index contributed by atoms with van der Waals surface area (Å²) in [6, 6.07) is 15.9. The van der Waals surface area contributed by atoms with Gasteiger partial charge in [-0.15, -0.1) is 11.3 Å². The van der Waals surface area contributed by atoms with Gasteiger partial charge in [-0.05, 0) is 61.6 Å². The zero-order chi connectivity index (χ0) is 19.5. The molecule has 0 saturated carbocycles. The highest BCUT2D eigenvalue weighted by Gasteiger charge is 2.20. The van der Waals surface area contributed by atoms with Gasteiger partial charge in [-0.2, -0.15) is 0 Å². The van der Waals surface area contributed by atoms with Crippen molar-refractivity contribution < 1.29 is 9.59 Å². The zero-order valence-electron chi connectivity index (χ0n) is 15.6. The minimum absolute atomic E-state index is 0.180. The van der Waals surface area contributed by atoms with E-state index in [-0.39, 0.29) is 11.8 Å². The smallest absolute Gasteiger partial charge is 0.257 e. The van der Waals surface area contributed by atoms with Crippen LogP contribution in [0.3, 0.4) is 0 Å². The molecule has 1 aromatic heterocycles. The van der Waals surface area contributed by atoms with Gasteiger partial charge in [0.05, 0.1) is 5.69 Å². The van der Waals surface area contributed by atoms with E-state index in [1.165, 1.54) is 4.88 Å². The number of nitrogens with one attached hydrogen (secondary N) is 2. The Kier molecular flexibility index (Phi) is 5.21. The van der Waals surface area contributed by atoms with Crippen LogP contribution in [0.15, 0.2) is 54.6 Å². The minimum Gasteiger partial charge on any atom is -0.322 e. The highest BCUT2D eigenvalue weighted by atomic mass is 32.1. The molecule has 1 aliphatic rings. The van der Waals surface area contributed by atoms with Crippen LogP contribution in [0.4, 0.5) is 10.8 Å². The first kappa shape index (κ1) is 18.4. The van der Waals surface area contributed by atoms with Crippen molar-refractivity contribution in [3.63, 3.8) is 0 Å². The summed E-state index contributed by atoms with van der Waals surface area (Å²) in [5.41, 5.74) is 2.88. The Morgan fingerprint density at radius 3 is 2.39 bits per heavy atom. The Morgan fingerprint density at radius 2 is 1.64 bits per heavy atom. The quantitative estimate of drug-likeness (QED) is 0.673. The van der Waals surface area contributed by atoms with Gasteiger partial charge in [-0.3, -0.25) is 14.9 Å². The van der Waals surface area contributed by atoms with Gasteiger partial charge in [0.15, 0.2) is 5.13 Å². The molecule has 0 bridgehead atoms. The minimum atomic E-state index is -0.194. The van der Waals surface area contributed by atoms with E-state index in [9.17, 15) is 9.59 Å². The highest BCUT2D eigenvalue weighted by molar-refractivity contribution is 7.15. The first-order valence-electron chi connectivity index (χ1n) is 9.35. The molecular formula is C22H21N3O2S. The van der Waals surface area contributed by atoms with Crippen LogP contribution in [-0.2, 0) is 12.8 Å². The summed E-state index contributed by atoms with van der Waals surface area (Å²) in [6.45, 7) is 2.25. The summed E-state index contributed by atoms with van der Waals surface area (Å²) >= 11 is 1.57. The van der Waals surface area contributed by atoms with Crippen LogP contribution >= 0.6 is 11.3 Å². The van der Waals surface area contributed by atoms with Gasteiger partial charge in [-0.25, -0.2) is 4.98 Å². The first-order valence-corrected chi connectivity index (χ1v) is 10.2. The van der Waals surface area contributed by atoms with Crippen LogP contribution in [-0.4, -0.2) is 16.8 Å². The van der Waals surface area contributed by atoms with Gasteiger partial charge >= 0.3 is 0 Å². The van der Waals surface area contributed by atoms with E-state index < -0.39 is 0 Å². The molecule has 0 fully saturated rings. The monoisotopic (exact) mass is 391 g/mol. The van der Waals surface area contributed by atoms with Gasteiger partial charge in [0.2, 0.25) is 0 Å². The third-order valence-electron chi connectivity index (χ3n) is 4.85. The summed E-state index contributed by atoms with van der Waals surface area (Å²) in [6.07, 6.45) is 3.18. The molecule has 6 heteroatoms. The number of carbonyl (C=O) groups excluding carboxylic acids is 2. The number of rotatable bonds is 4. The van der Waals surface area contributed by atoms with Crippen LogP contribution in [0.2, 0.25) is 0 Å². The number of anilines is 2. The fraction of sp³-hybridized carbons (Fsp3) is 0.227. The van der Waals surface area contributed by atoms with Crippen molar-refractivity contribution in [2.75, 3.05) is 10.6 Å². The second-order valence-corrected chi connectivity index (χ2v) is 8.17. The summed E-state index contributed by atoms with van der Waals surface area (Å²) in [4.78, 5) is 30.6. The number of thiazole rings is 1. The number of amides is 2. The zero-order valence-corrected chi connectivity index (χ0v) is 16.4. The number of fused-ring (bicyclic) bond motifs is 1. The molecule has 28 heavy (non-hydrogen) atoms. The molecule has 2 amide bonds. The topological polar surface area (TPSA) is 71.1 Å². The van der Waals surface area contributed by atoms with Crippen molar-refractivity contribution in [3.05, 3.63) is 76.3 Å². The van der Waals surface area contributed by atoms with Crippen LogP contribution in [0.25, 0.3) is 0 Å². The standard InChI is InChI=1S/C22H21N3O2S/c1-14-7-12-18-19(13-14)28-22(24-18)25-21(27)16-8-10-17(11-9-16)23-20(26)15-5-3-2-4-6-15/h2-6,8-11,14H,7,12-13H2,1H3,(H,23,26)(H,24,25,27). The fourth-order valence-electron chi connectivity index (χ4n) is 3.26. The lowest BCUT2D eigenvalue weighted by Crippen LogP contribution is -2.13. The lowest BCUT2D eigenvalue weighted by atomic mass is 9.93. The van der Waals surface area contributed by atoms with Crippen LogP contribution in [0, 0.1) is 5.92 Å². The van der Waals surface area contributed by atoms with Gasteiger partial charge in [-0.1, -0.05) is 25.1 Å². The summed E-state index contributed by atoms with van der Waals surface area (Å²) in [7, 11) is 0. The van der Waals surface area contributed by atoms with E-state index in [0.29, 0.717) is 27.9 Å². The Morgan fingerprint density at radius 1 is 0.964 bits per heavy atom. The van der Waals surface area contributed by atoms with Gasteiger partial charge in [0.25, 0.3) is 11.8 Å².